The van der Waals surface area contributed by atoms with Crippen molar-refractivity contribution in [1.29, 1.82) is 0 Å². The quantitative estimate of drug-likeness (QED) is 0.0199. The minimum atomic E-state index is -0.810. The van der Waals surface area contributed by atoms with Gasteiger partial charge in [-0.3, -0.25) is 14.4 Å². The molecular weight excluding hydrogens is 817 g/mol. The molecule has 0 fully saturated rings. The Morgan fingerprint density at radius 3 is 1.15 bits per heavy atom. The first kappa shape index (κ1) is 62.3. The van der Waals surface area contributed by atoms with E-state index < -0.39 is 6.10 Å². The second-order valence-corrected chi connectivity index (χ2v) is 17.8. The Balaban J connectivity index is 4.51. The molecule has 0 amide bonds. The summed E-state index contributed by atoms with van der Waals surface area (Å²) < 4.78 is 16.8. The SMILES string of the molecule is CC\C=C/C=C\C=C/CCCCCCCCCC(=O)OCC(COC(=O)CCC/C=C\C/C=C\C/C=C\C/C=C\CCCCC)OC(=O)CCCCCCC/C=C\CCCCCCCCC. The van der Waals surface area contributed by atoms with Crippen LogP contribution < -0.4 is 0 Å². The van der Waals surface area contributed by atoms with E-state index >= 15 is 0 Å². The first-order valence-corrected chi connectivity index (χ1v) is 27.3. The van der Waals surface area contributed by atoms with Crippen LogP contribution >= 0.6 is 0 Å². The van der Waals surface area contributed by atoms with Crippen molar-refractivity contribution in [2.24, 2.45) is 0 Å². The Kier molecular flexibility index (Phi) is 50.9. The second-order valence-electron chi connectivity index (χ2n) is 17.8. The monoisotopic (exact) mass is 917 g/mol. The van der Waals surface area contributed by atoms with Crippen molar-refractivity contribution in [3.8, 4) is 0 Å². The van der Waals surface area contributed by atoms with Gasteiger partial charge in [-0.05, 0) is 103 Å². The highest BCUT2D eigenvalue weighted by atomic mass is 16.6. The maximum atomic E-state index is 12.8. The largest absolute Gasteiger partial charge is 0.462 e. The number of carbonyl (C=O) groups excluding carboxylic acids is 3. The van der Waals surface area contributed by atoms with Crippen LogP contribution in [-0.2, 0) is 28.6 Å². The fourth-order valence-corrected chi connectivity index (χ4v) is 7.25. The van der Waals surface area contributed by atoms with Gasteiger partial charge in [0.2, 0.25) is 0 Å². The van der Waals surface area contributed by atoms with Gasteiger partial charge in [-0.1, -0.05) is 221 Å². The normalized spacial score (nSPS) is 12.8. The van der Waals surface area contributed by atoms with Gasteiger partial charge >= 0.3 is 17.9 Å². The third-order valence-electron chi connectivity index (χ3n) is 11.4. The van der Waals surface area contributed by atoms with Gasteiger partial charge in [0, 0.05) is 19.3 Å². The molecule has 6 nitrogen and oxygen atoms in total. The van der Waals surface area contributed by atoms with Crippen LogP contribution in [0.2, 0.25) is 0 Å². The molecular formula is C60H100O6. The molecule has 376 valence electrons. The molecule has 0 saturated carbocycles. The Bertz CT molecular complexity index is 1330. The standard InChI is InChI=1S/C60H100O6/c1-4-7-10-13-16-19-22-25-28-30-33-35-38-41-44-47-50-53-59(62)65-56-57(55-64-58(61)52-49-46-43-40-37-34-31-27-24-21-18-15-12-9-6-3)66-60(63)54-51-48-45-42-39-36-32-29-26-23-20-17-14-11-8-5-2/h9,12,15-16,18-19,21,24-25,28-29,32-33,35,41,44,57H,4-8,10-11,13-14,17,20,22-23,26-27,30-31,34,36-40,42-43,45-56H2,1-3H3/b12-9-,18-15-,19-16-,24-21-,28-25-,32-29-,35-33-,44-41-. The number of ether oxygens (including phenoxy) is 3. The van der Waals surface area contributed by atoms with Crippen LogP contribution in [0.1, 0.15) is 245 Å². The van der Waals surface area contributed by atoms with Crippen LogP contribution in [0.15, 0.2) is 97.2 Å². The van der Waals surface area contributed by atoms with E-state index in [4.69, 9.17) is 14.2 Å². The molecule has 1 atom stereocenters. The molecule has 0 aromatic heterocycles. The predicted molar refractivity (Wildman–Crippen MR) is 284 cm³/mol. The summed E-state index contributed by atoms with van der Waals surface area (Å²) in [6.07, 6.45) is 71.1. The lowest BCUT2D eigenvalue weighted by atomic mass is 10.1. The summed E-state index contributed by atoms with van der Waals surface area (Å²) in [5, 5.41) is 0. The van der Waals surface area contributed by atoms with Crippen molar-refractivity contribution in [2.75, 3.05) is 13.2 Å². The van der Waals surface area contributed by atoms with Gasteiger partial charge in [0.05, 0.1) is 0 Å². The molecule has 0 aliphatic rings. The maximum Gasteiger partial charge on any atom is 0.306 e. The van der Waals surface area contributed by atoms with Crippen LogP contribution in [0.25, 0.3) is 0 Å². The second kappa shape index (κ2) is 53.9. The molecule has 0 rings (SSSR count). The van der Waals surface area contributed by atoms with Crippen molar-refractivity contribution >= 4 is 17.9 Å². The van der Waals surface area contributed by atoms with Gasteiger partial charge in [0.1, 0.15) is 13.2 Å². The summed E-state index contributed by atoms with van der Waals surface area (Å²) in [7, 11) is 0. The van der Waals surface area contributed by atoms with Crippen LogP contribution in [0.5, 0.6) is 0 Å². The summed E-state index contributed by atoms with van der Waals surface area (Å²) in [6.45, 7) is 6.41. The summed E-state index contributed by atoms with van der Waals surface area (Å²) >= 11 is 0. The minimum absolute atomic E-state index is 0.105. The van der Waals surface area contributed by atoms with Crippen LogP contribution in [0, 0.1) is 0 Å². The van der Waals surface area contributed by atoms with E-state index in [-0.39, 0.29) is 37.5 Å². The van der Waals surface area contributed by atoms with E-state index in [9.17, 15) is 14.4 Å². The Hall–Kier alpha value is -3.67. The lowest BCUT2D eigenvalue weighted by Gasteiger charge is -2.18. The zero-order chi connectivity index (χ0) is 47.9. The smallest absolute Gasteiger partial charge is 0.306 e. The summed E-state index contributed by atoms with van der Waals surface area (Å²) in [5.41, 5.74) is 0. The molecule has 66 heavy (non-hydrogen) atoms. The number of allylic oxidation sites excluding steroid dienone is 16. The van der Waals surface area contributed by atoms with Crippen molar-refractivity contribution in [3.05, 3.63) is 97.2 Å². The lowest BCUT2D eigenvalue weighted by molar-refractivity contribution is -0.167. The zero-order valence-electron chi connectivity index (χ0n) is 42.9. The molecule has 0 aromatic rings. The van der Waals surface area contributed by atoms with Gasteiger partial charge in [0.15, 0.2) is 6.10 Å². The third kappa shape index (κ3) is 51.3. The molecule has 0 saturated heterocycles. The number of unbranched alkanes of at least 4 members (excludes halogenated alkanes) is 23. The molecule has 0 heterocycles. The molecule has 0 N–H and O–H groups in total. The minimum Gasteiger partial charge on any atom is -0.462 e. The Labute approximate surface area is 407 Å². The van der Waals surface area contributed by atoms with Gasteiger partial charge in [-0.2, -0.15) is 0 Å². The average Bonchev–Trinajstić information content (AvgIpc) is 3.31. The van der Waals surface area contributed by atoms with E-state index in [1.165, 1.54) is 109 Å². The number of hydrogen-bond donors (Lipinski definition) is 0. The van der Waals surface area contributed by atoms with Crippen LogP contribution in [0.3, 0.4) is 0 Å². The highest BCUT2D eigenvalue weighted by Crippen LogP contribution is 2.14. The fraction of sp³-hybridized carbons (Fsp3) is 0.683. The van der Waals surface area contributed by atoms with Crippen molar-refractivity contribution in [2.45, 2.75) is 252 Å². The molecule has 0 aliphatic heterocycles. The Morgan fingerprint density at radius 1 is 0.333 bits per heavy atom. The molecule has 0 bridgehead atoms. The van der Waals surface area contributed by atoms with Crippen LogP contribution in [0.4, 0.5) is 0 Å². The molecule has 6 heteroatoms. The summed E-state index contributed by atoms with van der Waals surface area (Å²) in [4.78, 5) is 38.1. The number of esters is 3. The molecule has 0 aromatic carbocycles. The summed E-state index contributed by atoms with van der Waals surface area (Å²) in [6, 6.07) is 0. The molecule has 0 radical (unpaired) electrons. The first-order chi connectivity index (χ1) is 32.5. The number of hydrogen-bond acceptors (Lipinski definition) is 6. The zero-order valence-corrected chi connectivity index (χ0v) is 42.9. The predicted octanol–water partition coefficient (Wildman–Crippen LogP) is 18.1. The molecule has 0 aliphatic carbocycles. The van der Waals surface area contributed by atoms with Gasteiger partial charge in [-0.15, -0.1) is 0 Å². The molecule has 1 unspecified atom stereocenters. The van der Waals surface area contributed by atoms with Gasteiger partial charge in [0.25, 0.3) is 0 Å². The van der Waals surface area contributed by atoms with E-state index in [1.807, 2.05) is 0 Å². The van der Waals surface area contributed by atoms with E-state index in [0.29, 0.717) is 19.3 Å². The van der Waals surface area contributed by atoms with Crippen molar-refractivity contribution < 1.29 is 28.6 Å². The van der Waals surface area contributed by atoms with E-state index in [1.54, 1.807) is 0 Å². The van der Waals surface area contributed by atoms with E-state index in [2.05, 4.69) is 118 Å². The van der Waals surface area contributed by atoms with Crippen LogP contribution in [-0.4, -0.2) is 37.2 Å². The highest BCUT2D eigenvalue weighted by Gasteiger charge is 2.19. The fourth-order valence-electron chi connectivity index (χ4n) is 7.25. The highest BCUT2D eigenvalue weighted by molar-refractivity contribution is 5.71. The maximum absolute atomic E-state index is 12.8. The number of carbonyl (C=O) groups is 3. The lowest BCUT2D eigenvalue weighted by Crippen LogP contribution is -2.30. The topological polar surface area (TPSA) is 78.9 Å². The average molecular weight is 917 g/mol. The summed E-state index contributed by atoms with van der Waals surface area (Å²) in [5.74, 6) is -0.983. The number of rotatable bonds is 48. The van der Waals surface area contributed by atoms with Gasteiger partial charge < -0.3 is 14.2 Å². The van der Waals surface area contributed by atoms with Crippen molar-refractivity contribution in [3.63, 3.8) is 0 Å². The van der Waals surface area contributed by atoms with Gasteiger partial charge in [-0.25, -0.2) is 0 Å². The first-order valence-electron chi connectivity index (χ1n) is 27.3. The van der Waals surface area contributed by atoms with E-state index in [0.717, 1.165) is 89.9 Å². The van der Waals surface area contributed by atoms with Crippen molar-refractivity contribution in [1.82, 2.24) is 0 Å². The Morgan fingerprint density at radius 2 is 0.667 bits per heavy atom. The molecule has 0 spiro atoms. The third-order valence-corrected chi connectivity index (χ3v) is 11.4.